The Morgan fingerprint density at radius 2 is 1.94 bits per heavy atom. The fourth-order valence-corrected chi connectivity index (χ4v) is 2.34. The van der Waals surface area contributed by atoms with Gasteiger partial charge in [-0.1, -0.05) is 0 Å². The van der Waals surface area contributed by atoms with E-state index in [9.17, 15) is 0 Å². The molecule has 0 atom stereocenters. The maximum absolute atomic E-state index is 5.27. The highest BCUT2D eigenvalue weighted by Crippen LogP contribution is 2.31. The van der Waals surface area contributed by atoms with Gasteiger partial charge in [0.05, 0.1) is 19.7 Å². The van der Waals surface area contributed by atoms with Crippen LogP contribution in [-0.4, -0.2) is 29.0 Å². The zero-order valence-corrected chi connectivity index (χ0v) is 10.8. The first-order valence-electron chi connectivity index (χ1n) is 5.33. The molecule has 0 N–H and O–H groups in total. The molecule has 0 saturated heterocycles. The molecule has 3 rings (SSSR count). The summed E-state index contributed by atoms with van der Waals surface area (Å²) in [6.45, 7) is 0. The molecule has 0 aliphatic carbocycles. The second kappa shape index (κ2) is 4.30. The second-order valence-electron chi connectivity index (χ2n) is 3.65. The third-order valence-electron chi connectivity index (χ3n) is 2.62. The van der Waals surface area contributed by atoms with Crippen molar-refractivity contribution in [2.45, 2.75) is 0 Å². The molecule has 2 aromatic heterocycles. The smallest absolute Gasteiger partial charge is 0.210 e. The summed E-state index contributed by atoms with van der Waals surface area (Å²) < 4.78 is 12.3. The van der Waals surface area contributed by atoms with Crippen molar-refractivity contribution in [2.24, 2.45) is 0 Å². The largest absolute Gasteiger partial charge is 0.493 e. The number of rotatable bonds is 3. The Morgan fingerprint density at radius 1 is 1.17 bits per heavy atom. The van der Waals surface area contributed by atoms with Crippen molar-refractivity contribution in [2.75, 3.05) is 14.2 Å². The lowest BCUT2D eigenvalue weighted by Gasteiger charge is -2.05. The van der Waals surface area contributed by atoms with Crippen LogP contribution in [0.1, 0.15) is 0 Å². The van der Waals surface area contributed by atoms with E-state index in [1.54, 1.807) is 25.1 Å². The van der Waals surface area contributed by atoms with Crippen molar-refractivity contribution in [1.82, 2.24) is 14.8 Å². The molecule has 0 radical (unpaired) electrons. The van der Waals surface area contributed by atoms with Gasteiger partial charge < -0.3 is 9.47 Å². The molecule has 2 heterocycles. The fourth-order valence-electron chi connectivity index (χ4n) is 1.78. The fraction of sp³-hybridized carbons (Fsp3) is 0.167. The van der Waals surface area contributed by atoms with Gasteiger partial charge in [-0.25, -0.2) is 9.67 Å². The van der Waals surface area contributed by atoms with E-state index >= 15 is 0 Å². The van der Waals surface area contributed by atoms with Gasteiger partial charge in [0.15, 0.2) is 11.5 Å². The summed E-state index contributed by atoms with van der Waals surface area (Å²) >= 11 is 1.54. The first-order chi connectivity index (χ1) is 8.81. The van der Waals surface area contributed by atoms with Crippen LogP contribution >= 0.6 is 11.3 Å². The van der Waals surface area contributed by atoms with Gasteiger partial charge in [-0.3, -0.25) is 0 Å². The zero-order chi connectivity index (χ0) is 12.5. The van der Waals surface area contributed by atoms with Gasteiger partial charge in [0, 0.05) is 29.2 Å². The quantitative estimate of drug-likeness (QED) is 0.727. The van der Waals surface area contributed by atoms with Gasteiger partial charge in [0.1, 0.15) is 0 Å². The SMILES string of the molecule is COc1cc2cn(-c3nccs3)nc2cc1OC. The van der Waals surface area contributed by atoms with E-state index in [1.165, 1.54) is 11.3 Å². The molecular formula is C12H11N3O2S. The molecule has 6 heteroatoms. The van der Waals surface area contributed by atoms with Crippen molar-refractivity contribution in [3.05, 3.63) is 29.9 Å². The number of nitrogens with zero attached hydrogens (tertiary/aromatic N) is 3. The molecule has 0 spiro atoms. The van der Waals surface area contributed by atoms with E-state index in [0.29, 0.717) is 11.5 Å². The van der Waals surface area contributed by atoms with Crippen LogP contribution in [0.4, 0.5) is 0 Å². The molecule has 0 aliphatic rings. The van der Waals surface area contributed by atoms with Crippen molar-refractivity contribution in [3.8, 4) is 16.6 Å². The molecule has 0 saturated carbocycles. The zero-order valence-electron chi connectivity index (χ0n) is 9.95. The minimum absolute atomic E-state index is 0.675. The van der Waals surface area contributed by atoms with Crippen molar-refractivity contribution in [1.29, 1.82) is 0 Å². The molecular weight excluding hydrogens is 250 g/mol. The number of ether oxygens (including phenoxy) is 2. The Balaban J connectivity index is 2.17. The Bertz CT molecular complexity index is 635. The summed E-state index contributed by atoms with van der Waals surface area (Å²) in [7, 11) is 3.23. The summed E-state index contributed by atoms with van der Waals surface area (Å²) in [5, 5.41) is 8.21. The molecule has 0 fully saturated rings. The van der Waals surface area contributed by atoms with Gasteiger partial charge in [0.2, 0.25) is 5.13 Å². The van der Waals surface area contributed by atoms with Crippen molar-refractivity contribution < 1.29 is 9.47 Å². The minimum Gasteiger partial charge on any atom is -0.493 e. The Kier molecular flexibility index (Phi) is 2.64. The van der Waals surface area contributed by atoms with Crippen LogP contribution in [0.2, 0.25) is 0 Å². The molecule has 5 nitrogen and oxygen atoms in total. The number of hydrogen-bond donors (Lipinski definition) is 0. The number of methoxy groups -OCH3 is 2. The number of fused-ring (bicyclic) bond motifs is 1. The highest BCUT2D eigenvalue weighted by atomic mass is 32.1. The van der Waals surface area contributed by atoms with E-state index in [2.05, 4.69) is 10.1 Å². The number of benzene rings is 1. The molecule has 0 unspecified atom stereocenters. The van der Waals surface area contributed by atoms with Gasteiger partial charge in [-0.2, -0.15) is 5.10 Å². The predicted octanol–water partition coefficient (Wildman–Crippen LogP) is 2.50. The molecule has 3 aromatic rings. The van der Waals surface area contributed by atoms with E-state index < -0.39 is 0 Å². The maximum Gasteiger partial charge on any atom is 0.210 e. The van der Waals surface area contributed by atoms with Gasteiger partial charge >= 0.3 is 0 Å². The number of thiazole rings is 1. The van der Waals surface area contributed by atoms with E-state index in [4.69, 9.17) is 9.47 Å². The molecule has 0 bridgehead atoms. The first kappa shape index (κ1) is 11.0. The Hall–Kier alpha value is -2.08. The monoisotopic (exact) mass is 261 g/mol. The van der Waals surface area contributed by atoms with E-state index in [1.807, 2.05) is 23.7 Å². The summed E-state index contributed by atoms with van der Waals surface area (Å²) in [6, 6.07) is 3.77. The lowest BCUT2D eigenvalue weighted by atomic mass is 10.2. The summed E-state index contributed by atoms with van der Waals surface area (Å²) in [5.74, 6) is 1.37. The predicted molar refractivity (Wildman–Crippen MR) is 69.8 cm³/mol. The summed E-state index contributed by atoms with van der Waals surface area (Å²) in [4.78, 5) is 4.22. The lowest BCUT2D eigenvalue weighted by Crippen LogP contribution is -1.92. The topological polar surface area (TPSA) is 49.2 Å². The molecule has 18 heavy (non-hydrogen) atoms. The molecule has 0 amide bonds. The first-order valence-corrected chi connectivity index (χ1v) is 6.21. The van der Waals surface area contributed by atoms with Gasteiger partial charge in [-0.05, 0) is 6.07 Å². The average molecular weight is 261 g/mol. The third-order valence-corrected chi connectivity index (χ3v) is 3.39. The van der Waals surface area contributed by atoms with Crippen LogP contribution in [0, 0.1) is 0 Å². The van der Waals surface area contributed by atoms with Crippen LogP contribution < -0.4 is 9.47 Å². The standard InChI is InChI=1S/C12H11N3O2S/c1-16-10-5-8-7-15(12-13-3-4-18-12)14-9(8)6-11(10)17-2/h3-7H,1-2H3. The van der Waals surface area contributed by atoms with E-state index in [-0.39, 0.29) is 0 Å². The molecule has 1 aromatic carbocycles. The van der Waals surface area contributed by atoms with Crippen molar-refractivity contribution in [3.63, 3.8) is 0 Å². The summed E-state index contributed by atoms with van der Waals surface area (Å²) in [6.07, 6.45) is 3.68. The van der Waals surface area contributed by atoms with Crippen LogP contribution in [0.25, 0.3) is 16.0 Å². The lowest BCUT2D eigenvalue weighted by molar-refractivity contribution is 0.356. The highest BCUT2D eigenvalue weighted by molar-refractivity contribution is 7.12. The highest BCUT2D eigenvalue weighted by Gasteiger charge is 2.10. The molecule has 92 valence electrons. The van der Waals surface area contributed by atoms with Crippen molar-refractivity contribution >= 4 is 22.2 Å². The van der Waals surface area contributed by atoms with Crippen LogP contribution in [-0.2, 0) is 0 Å². The van der Waals surface area contributed by atoms with Gasteiger partial charge in [-0.15, -0.1) is 11.3 Å². The third kappa shape index (κ3) is 1.70. The Morgan fingerprint density at radius 3 is 2.61 bits per heavy atom. The second-order valence-corrected chi connectivity index (χ2v) is 4.53. The summed E-state index contributed by atoms with van der Waals surface area (Å²) in [5.41, 5.74) is 0.850. The molecule has 0 aliphatic heterocycles. The number of hydrogen-bond acceptors (Lipinski definition) is 5. The number of aromatic nitrogens is 3. The van der Waals surface area contributed by atoms with Crippen LogP contribution in [0.15, 0.2) is 29.9 Å². The Labute approximate surface area is 108 Å². The van der Waals surface area contributed by atoms with Crippen LogP contribution in [0.5, 0.6) is 11.5 Å². The normalized spacial score (nSPS) is 10.8. The average Bonchev–Trinajstić information content (AvgIpc) is 3.04. The van der Waals surface area contributed by atoms with Crippen LogP contribution in [0.3, 0.4) is 0 Å². The van der Waals surface area contributed by atoms with E-state index in [0.717, 1.165) is 16.0 Å². The maximum atomic E-state index is 5.27. The van der Waals surface area contributed by atoms with Gasteiger partial charge in [0.25, 0.3) is 0 Å². The minimum atomic E-state index is 0.675.